The highest BCUT2D eigenvalue weighted by atomic mass is 32.2. The molecule has 4 atom stereocenters. The minimum Gasteiger partial charge on any atom is -0.396 e. The molecule has 226 valence electrons. The molecule has 0 spiro atoms. The second kappa shape index (κ2) is 13.5. The van der Waals surface area contributed by atoms with Crippen LogP contribution in [0, 0.1) is 5.92 Å². The third kappa shape index (κ3) is 6.22. The van der Waals surface area contributed by atoms with Gasteiger partial charge in [0.1, 0.15) is 0 Å². The van der Waals surface area contributed by atoms with Gasteiger partial charge in [-0.1, -0.05) is 85.8 Å². The smallest absolute Gasteiger partial charge is 0.261 e. The Labute approximate surface area is 261 Å². The summed E-state index contributed by atoms with van der Waals surface area (Å²) in [4.78, 5) is 27.0. The first-order chi connectivity index (χ1) is 21.5. The van der Waals surface area contributed by atoms with Crippen LogP contribution in [0.15, 0.2) is 97.1 Å². The molecule has 6 rings (SSSR count). The van der Waals surface area contributed by atoms with Crippen LogP contribution < -0.4 is 0 Å². The molecule has 1 fully saturated rings. The summed E-state index contributed by atoms with van der Waals surface area (Å²) in [7, 11) is 0. The Hall–Kier alpha value is -3.79. The zero-order chi connectivity index (χ0) is 30.6. The van der Waals surface area contributed by atoms with Gasteiger partial charge in [0.2, 0.25) is 0 Å². The first kappa shape index (κ1) is 30.2. The third-order valence-electron chi connectivity index (χ3n) is 8.30. The van der Waals surface area contributed by atoms with E-state index in [0.29, 0.717) is 16.9 Å². The number of carbonyl (C=O) groups is 2. The van der Waals surface area contributed by atoms with Crippen LogP contribution >= 0.6 is 11.8 Å². The fraction of sp³-hybridized carbons (Fsp3) is 0.278. The number of carbonyl (C=O) groups excluding carboxylic acids is 2. The van der Waals surface area contributed by atoms with Gasteiger partial charge in [-0.2, -0.15) is 11.8 Å². The monoisotopic (exact) mass is 609 g/mol. The molecule has 2 N–H and O–H groups in total. The molecule has 2 heterocycles. The number of amides is 2. The van der Waals surface area contributed by atoms with Crippen molar-refractivity contribution in [2.75, 3.05) is 18.1 Å². The van der Waals surface area contributed by atoms with Crippen molar-refractivity contribution in [1.29, 1.82) is 0 Å². The Morgan fingerprint density at radius 3 is 2.09 bits per heavy atom. The van der Waals surface area contributed by atoms with Crippen molar-refractivity contribution in [1.82, 2.24) is 4.90 Å². The maximum absolute atomic E-state index is 12.9. The standard InChI is InChI=1S/C36H35NO6S/c1-23-32(22-44-18-17-38)42-36(43-33(23)27-11-9-24(21-39)10-12-27)28-15-13-26(14-16-28)29-6-4-5-25(19-29)20-37-34(40)30-7-2-3-8-31(30)35(37)41/h2-16,19,23,32-33,36,38-39H,17-18,20-22H2,1H3/t23-,32+,33+,36+/m1/s1. The second-order valence-corrected chi connectivity index (χ2v) is 12.3. The number of hydrogen-bond donors (Lipinski definition) is 2. The summed E-state index contributed by atoms with van der Waals surface area (Å²) >= 11 is 1.66. The number of thioether (sulfide) groups is 1. The number of imide groups is 1. The predicted molar refractivity (Wildman–Crippen MR) is 170 cm³/mol. The van der Waals surface area contributed by atoms with Crippen LogP contribution in [0.4, 0.5) is 0 Å². The van der Waals surface area contributed by atoms with E-state index in [4.69, 9.17) is 9.47 Å². The van der Waals surface area contributed by atoms with Gasteiger partial charge in [0, 0.05) is 23.0 Å². The number of benzene rings is 4. The van der Waals surface area contributed by atoms with Crippen LogP contribution in [-0.4, -0.2) is 51.1 Å². The van der Waals surface area contributed by atoms with Gasteiger partial charge >= 0.3 is 0 Å². The van der Waals surface area contributed by atoms with Crippen molar-refractivity contribution < 1.29 is 29.3 Å². The fourth-order valence-electron chi connectivity index (χ4n) is 5.82. The Balaban J connectivity index is 1.19. The molecule has 7 nitrogen and oxygen atoms in total. The van der Waals surface area contributed by atoms with Crippen molar-refractivity contribution in [2.45, 2.75) is 38.6 Å². The Kier molecular flexibility index (Phi) is 9.25. The molecule has 0 aromatic heterocycles. The van der Waals surface area contributed by atoms with Crippen LogP contribution in [0.5, 0.6) is 0 Å². The number of aliphatic hydroxyl groups is 2. The fourth-order valence-corrected chi connectivity index (χ4v) is 6.73. The summed E-state index contributed by atoms with van der Waals surface area (Å²) in [6, 6.07) is 30.7. The first-order valence-electron chi connectivity index (χ1n) is 14.8. The molecular weight excluding hydrogens is 574 g/mol. The number of nitrogens with zero attached hydrogens (tertiary/aromatic N) is 1. The second-order valence-electron chi connectivity index (χ2n) is 11.2. The van der Waals surface area contributed by atoms with Gasteiger partial charge in [-0.25, -0.2) is 0 Å². The molecule has 4 aromatic carbocycles. The highest BCUT2D eigenvalue weighted by molar-refractivity contribution is 7.99. The van der Waals surface area contributed by atoms with Gasteiger partial charge < -0.3 is 19.7 Å². The molecule has 4 aromatic rings. The SMILES string of the molecule is C[C@@H]1[C@H](CSCCO)O[C@H](c2ccc(-c3cccc(CN4C(=O)c5ccccc5C4=O)c3)cc2)O[C@@H]1c1ccc(CO)cc1. The van der Waals surface area contributed by atoms with Gasteiger partial charge in [-0.15, -0.1) is 0 Å². The minimum atomic E-state index is -0.567. The Morgan fingerprint density at radius 1 is 0.750 bits per heavy atom. The summed E-state index contributed by atoms with van der Waals surface area (Å²) in [6.07, 6.45) is -0.839. The van der Waals surface area contributed by atoms with Crippen LogP contribution in [0.1, 0.15) is 62.3 Å². The lowest BCUT2D eigenvalue weighted by Gasteiger charge is -2.41. The average Bonchev–Trinajstić information content (AvgIpc) is 3.30. The van der Waals surface area contributed by atoms with Crippen molar-refractivity contribution in [3.8, 4) is 11.1 Å². The molecule has 0 aliphatic carbocycles. The van der Waals surface area contributed by atoms with Gasteiger partial charge in [0.15, 0.2) is 6.29 Å². The van der Waals surface area contributed by atoms with E-state index in [-0.39, 0.29) is 49.7 Å². The van der Waals surface area contributed by atoms with E-state index in [9.17, 15) is 19.8 Å². The van der Waals surface area contributed by atoms with Crippen molar-refractivity contribution in [3.05, 3.63) is 130 Å². The van der Waals surface area contributed by atoms with E-state index < -0.39 is 6.29 Å². The molecule has 0 radical (unpaired) electrons. The van der Waals surface area contributed by atoms with Gasteiger partial charge in [-0.05, 0) is 46.0 Å². The topological polar surface area (TPSA) is 96.3 Å². The van der Waals surface area contributed by atoms with Crippen molar-refractivity contribution in [2.24, 2.45) is 5.92 Å². The van der Waals surface area contributed by atoms with E-state index in [0.717, 1.165) is 39.1 Å². The van der Waals surface area contributed by atoms with E-state index in [1.807, 2.05) is 72.8 Å². The van der Waals surface area contributed by atoms with Gasteiger partial charge in [0.05, 0.1) is 43.1 Å². The zero-order valence-corrected chi connectivity index (χ0v) is 25.3. The van der Waals surface area contributed by atoms with E-state index in [2.05, 4.69) is 6.92 Å². The molecule has 1 saturated heterocycles. The number of fused-ring (bicyclic) bond motifs is 1. The predicted octanol–water partition coefficient (Wildman–Crippen LogP) is 6.16. The molecule has 2 amide bonds. The average molecular weight is 610 g/mol. The summed E-state index contributed by atoms with van der Waals surface area (Å²) in [5, 5.41) is 18.8. The number of hydrogen-bond acceptors (Lipinski definition) is 7. The normalized spacial score (nSPS) is 21.5. The molecule has 2 aliphatic heterocycles. The summed E-state index contributed by atoms with van der Waals surface area (Å²) in [5.74, 6) is 0.942. The lowest BCUT2D eigenvalue weighted by molar-refractivity contribution is -0.268. The maximum Gasteiger partial charge on any atom is 0.261 e. The first-order valence-corrected chi connectivity index (χ1v) is 16.0. The number of ether oxygens (including phenoxy) is 2. The maximum atomic E-state index is 12.9. The Bertz CT molecular complexity index is 1590. The molecule has 0 bridgehead atoms. The van der Waals surface area contributed by atoms with Crippen molar-refractivity contribution in [3.63, 3.8) is 0 Å². The van der Waals surface area contributed by atoms with E-state index >= 15 is 0 Å². The van der Waals surface area contributed by atoms with Crippen LogP contribution in [-0.2, 0) is 22.6 Å². The number of aliphatic hydroxyl groups excluding tert-OH is 2. The molecular formula is C36H35NO6S. The largest absolute Gasteiger partial charge is 0.396 e. The van der Waals surface area contributed by atoms with Gasteiger partial charge in [0.25, 0.3) is 11.8 Å². The Morgan fingerprint density at radius 2 is 1.43 bits per heavy atom. The number of rotatable bonds is 10. The van der Waals surface area contributed by atoms with E-state index in [1.54, 1.807) is 36.0 Å². The third-order valence-corrected chi connectivity index (χ3v) is 9.34. The van der Waals surface area contributed by atoms with Crippen LogP contribution in [0.25, 0.3) is 11.1 Å². The lowest BCUT2D eigenvalue weighted by atomic mass is 9.91. The molecule has 2 aliphatic rings. The minimum absolute atomic E-state index is 0.00839. The quantitative estimate of drug-likeness (QED) is 0.164. The summed E-state index contributed by atoms with van der Waals surface area (Å²) in [5.41, 5.74) is 6.52. The summed E-state index contributed by atoms with van der Waals surface area (Å²) < 4.78 is 13.0. The highest BCUT2D eigenvalue weighted by Crippen LogP contribution is 2.42. The molecule has 0 unspecified atom stereocenters. The molecule has 0 saturated carbocycles. The summed E-state index contributed by atoms with van der Waals surface area (Å²) in [6.45, 7) is 2.45. The van der Waals surface area contributed by atoms with Crippen molar-refractivity contribution >= 4 is 23.6 Å². The van der Waals surface area contributed by atoms with Gasteiger partial charge in [-0.3, -0.25) is 14.5 Å². The lowest BCUT2D eigenvalue weighted by Crippen LogP contribution is -2.38. The molecule has 44 heavy (non-hydrogen) atoms. The van der Waals surface area contributed by atoms with Crippen LogP contribution in [0.3, 0.4) is 0 Å². The van der Waals surface area contributed by atoms with E-state index in [1.165, 1.54) is 4.90 Å². The zero-order valence-electron chi connectivity index (χ0n) is 24.5. The molecule has 8 heteroatoms. The van der Waals surface area contributed by atoms with Crippen LogP contribution in [0.2, 0.25) is 0 Å². The highest BCUT2D eigenvalue weighted by Gasteiger charge is 2.38.